The lowest BCUT2D eigenvalue weighted by Gasteiger charge is -2.29. The second-order valence-corrected chi connectivity index (χ2v) is 12.9. The van der Waals surface area contributed by atoms with Gasteiger partial charge in [0.05, 0.1) is 34.4 Å². The molecule has 0 aromatic rings. The molecule has 1 unspecified atom stereocenters. The Morgan fingerprint density at radius 2 is 1.21 bits per heavy atom. The van der Waals surface area contributed by atoms with Crippen LogP contribution in [-0.2, 0) is 23.1 Å². The fraction of sp³-hybridized carbons (Fsp3) is 0.871. The Bertz CT molecular complexity index is 635. The molecule has 39 heavy (non-hydrogen) atoms. The van der Waals surface area contributed by atoms with Gasteiger partial charge in [-0.05, 0) is 51.4 Å². The van der Waals surface area contributed by atoms with E-state index in [-0.39, 0.29) is 19.8 Å². The molecule has 7 nitrogen and oxygen atoms in total. The highest BCUT2D eigenvalue weighted by Crippen LogP contribution is 2.39. The second-order valence-electron chi connectivity index (χ2n) is 11.5. The van der Waals surface area contributed by atoms with E-state index in [0.29, 0.717) is 17.6 Å². The molecule has 0 amide bonds. The normalized spacial score (nSPS) is 14.9. The number of quaternary nitrogens is 1. The van der Waals surface area contributed by atoms with Crippen molar-refractivity contribution in [1.82, 2.24) is 0 Å². The van der Waals surface area contributed by atoms with Crippen molar-refractivity contribution in [3.63, 3.8) is 0 Å². The third kappa shape index (κ3) is 30.3. The minimum atomic E-state index is -4.39. The van der Waals surface area contributed by atoms with E-state index in [9.17, 15) is 9.46 Å². The summed E-state index contributed by atoms with van der Waals surface area (Å²) < 4.78 is 33.5. The maximum atomic E-state index is 12.1. The fourth-order valence-electron chi connectivity index (χ4n) is 3.99. The van der Waals surface area contributed by atoms with Gasteiger partial charge in [0.2, 0.25) is 0 Å². The zero-order valence-corrected chi connectivity index (χ0v) is 27.0. The highest BCUT2D eigenvalue weighted by atomic mass is 31.2. The number of phosphoric ester groups is 1. The van der Waals surface area contributed by atoms with Crippen molar-refractivity contribution in [2.75, 3.05) is 61.2 Å². The first-order chi connectivity index (χ1) is 18.7. The predicted octanol–water partition coefficient (Wildman–Crippen LogP) is 7.60. The lowest BCUT2D eigenvalue weighted by atomic mass is 10.1. The first kappa shape index (κ1) is 38.5. The highest BCUT2D eigenvalue weighted by molar-refractivity contribution is 7.45. The molecule has 0 saturated carbocycles. The predicted molar refractivity (Wildman–Crippen MR) is 162 cm³/mol. The average Bonchev–Trinajstić information content (AvgIpc) is 2.86. The van der Waals surface area contributed by atoms with Gasteiger partial charge < -0.3 is 27.9 Å². The summed E-state index contributed by atoms with van der Waals surface area (Å²) in [6.07, 6.45) is 28.8. The molecule has 0 aromatic carbocycles. The molecular formula is C31H62NO6P. The zero-order chi connectivity index (χ0) is 29.1. The number of hydrogen-bond donors (Lipinski definition) is 0. The van der Waals surface area contributed by atoms with Crippen LogP contribution in [0.2, 0.25) is 0 Å². The fourth-order valence-corrected chi connectivity index (χ4v) is 4.85. The molecule has 0 fully saturated rings. The van der Waals surface area contributed by atoms with E-state index in [0.717, 1.165) is 19.3 Å². The van der Waals surface area contributed by atoms with Crippen molar-refractivity contribution in [2.45, 2.75) is 116 Å². The molecule has 0 N–H and O–H groups in total. The maximum Gasteiger partial charge on any atom is 0.268 e. The molecule has 0 aromatic heterocycles. The molecule has 0 spiro atoms. The van der Waals surface area contributed by atoms with E-state index in [1.54, 1.807) is 0 Å². The van der Waals surface area contributed by atoms with Crippen LogP contribution >= 0.6 is 7.82 Å². The summed E-state index contributed by atoms with van der Waals surface area (Å²) in [6.45, 7) is 3.75. The summed E-state index contributed by atoms with van der Waals surface area (Å²) in [4.78, 5) is 12.1. The number of nitrogens with zero attached hydrogens (tertiary/aromatic N) is 1. The van der Waals surface area contributed by atoms with E-state index < -0.39 is 13.9 Å². The standard InChI is InChI=1S/C31H62NO6P/c1-6-7-8-9-10-11-12-13-14-15-16-17-18-19-20-21-22-23-24-25-27-36-30-31(29-35-5)38-39(33,34)37-28-26-32(2,3)4/h9-10,21-22,31H,6-8,11-20,23-30H2,1-5H3/b10-9-,22-21-/t31-/m0/s1. The Kier molecular flexibility index (Phi) is 26.0. The molecule has 0 radical (unpaired) electrons. The number of unbranched alkanes of at least 4 members (excludes halogenated alkanes) is 13. The second kappa shape index (κ2) is 26.4. The molecule has 0 rings (SSSR count). The van der Waals surface area contributed by atoms with Gasteiger partial charge in [-0.2, -0.15) is 0 Å². The molecule has 0 aliphatic carbocycles. The number of rotatable bonds is 29. The van der Waals surface area contributed by atoms with Crippen LogP contribution in [-0.4, -0.2) is 71.8 Å². The number of methoxy groups -OCH3 is 1. The Morgan fingerprint density at radius 1 is 0.718 bits per heavy atom. The molecule has 0 bridgehead atoms. The SMILES string of the molecule is CCCC/C=C\CCCCCCCCCC/C=C\CCCCOC[C@H](COC)OP(=O)([O-])OCC[N+](C)(C)C. The highest BCUT2D eigenvalue weighted by Gasteiger charge is 2.20. The van der Waals surface area contributed by atoms with Crippen molar-refractivity contribution >= 4 is 7.82 Å². The number of likely N-dealkylation sites (N-methyl/N-ethyl adjacent to an activating group) is 1. The first-order valence-corrected chi connectivity index (χ1v) is 17.0. The van der Waals surface area contributed by atoms with Crippen molar-refractivity contribution < 1.29 is 32.5 Å². The molecule has 2 atom stereocenters. The number of phosphoric acid groups is 1. The van der Waals surface area contributed by atoms with Gasteiger partial charge in [0, 0.05) is 13.7 Å². The van der Waals surface area contributed by atoms with Gasteiger partial charge in [-0.3, -0.25) is 4.57 Å². The van der Waals surface area contributed by atoms with Crippen molar-refractivity contribution in [2.24, 2.45) is 0 Å². The number of ether oxygens (including phenoxy) is 2. The largest absolute Gasteiger partial charge is 0.756 e. The van der Waals surface area contributed by atoms with Crippen LogP contribution in [0.3, 0.4) is 0 Å². The molecule has 0 heterocycles. The van der Waals surface area contributed by atoms with Crippen LogP contribution in [0.1, 0.15) is 110 Å². The smallest absolute Gasteiger partial charge is 0.268 e. The van der Waals surface area contributed by atoms with Crippen molar-refractivity contribution in [3.05, 3.63) is 24.3 Å². The summed E-state index contributed by atoms with van der Waals surface area (Å²) in [6, 6.07) is 0. The van der Waals surface area contributed by atoms with Gasteiger partial charge >= 0.3 is 0 Å². The lowest BCUT2D eigenvalue weighted by Crippen LogP contribution is -2.38. The van der Waals surface area contributed by atoms with Crippen LogP contribution in [0.25, 0.3) is 0 Å². The Balaban J connectivity index is 3.62. The lowest BCUT2D eigenvalue weighted by molar-refractivity contribution is -0.870. The summed E-state index contributed by atoms with van der Waals surface area (Å²) in [5.74, 6) is 0. The molecule has 0 aliphatic heterocycles. The summed E-state index contributed by atoms with van der Waals surface area (Å²) in [5.41, 5.74) is 0. The van der Waals surface area contributed by atoms with Gasteiger partial charge in [0.1, 0.15) is 19.3 Å². The van der Waals surface area contributed by atoms with E-state index in [2.05, 4.69) is 31.2 Å². The van der Waals surface area contributed by atoms with Crippen molar-refractivity contribution in [3.8, 4) is 0 Å². The summed E-state index contributed by atoms with van der Waals surface area (Å²) in [7, 11) is 3.02. The van der Waals surface area contributed by atoms with Gasteiger partial charge in [0.25, 0.3) is 7.82 Å². The van der Waals surface area contributed by atoms with Crippen LogP contribution in [0.5, 0.6) is 0 Å². The van der Waals surface area contributed by atoms with Gasteiger partial charge in [-0.15, -0.1) is 0 Å². The molecular weight excluding hydrogens is 513 g/mol. The van der Waals surface area contributed by atoms with Crippen molar-refractivity contribution in [1.29, 1.82) is 0 Å². The van der Waals surface area contributed by atoms with E-state index in [4.69, 9.17) is 18.5 Å². The minimum absolute atomic E-state index is 0.0794. The van der Waals surface area contributed by atoms with Crippen LogP contribution in [0.15, 0.2) is 24.3 Å². The monoisotopic (exact) mass is 575 g/mol. The maximum absolute atomic E-state index is 12.1. The van der Waals surface area contributed by atoms with E-state index >= 15 is 0 Å². The minimum Gasteiger partial charge on any atom is -0.756 e. The van der Waals surface area contributed by atoms with Gasteiger partial charge in [0.15, 0.2) is 0 Å². The van der Waals surface area contributed by atoms with E-state index in [1.165, 1.54) is 90.6 Å². The summed E-state index contributed by atoms with van der Waals surface area (Å²) >= 11 is 0. The number of allylic oxidation sites excluding steroid dienone is 4. The molecule has 0 saturated heterocycles. The molecule has 0 aliphatic rings. The van der Waals surface area contributed by atoms with Crippen LogP contribution in [0, 0.1) is 0 Å². The molecule has 8 heteroatoms. The molecule has 232 valence electrons. The zero-order valence-electron chi connectivity index (χ0n) is 26.1. The third-order valence-corrected chi connectivity index (χ3v) is 7.46. The average molecular weight is 576 g/mol. The van der Waals surface area contributed by atoms with Gasteiger partial charge in [-0.1, -0.05) is 82.6 Å². The summed E-state index contributed by atoms with van der Waals surface area (Å²) in [5, 5.41) is 0. The first-order valence-electron chi connectivity index (χ1n) is 15.5. The Labute approximate surface area is 241 Å². The van der Waals surface area contributed by atoms with Gasteiger partial charge in [-0.25, -0.2) is 0 Å². The van der Waals surface area contributed by atoms with E-state index in [1.807, 2.05) is 21.1 Å². The van der Waals surface area contributed by atoms with Crippen LogP contribution in [0.4, 0.5) is 0 Å². The topological polar surface area (TPSA) is 77.1 Å². The number of hydrogen-bond acceptors (Lipinski definition) is 6. The third-order valence-electron chi connectivity index (χ3n) is 6.40. The Hall–Kier alpha value is -0.530. The quantitative estimate of drug-likeness (QED) is 0.0396. The Morgan fingerprint density at radius 3 is 1.69 bits per heavy atom. The van der Waals surface area contributed by atoms with Crippen LogP contribution < -0.4 is 4.89 Å².